The van der Waals surface area contributed by atoms with Crippen LogP contribution in [-0.4, -0.2) is 27.3 Å². The topological polar surface area (TPSA) is 0 Å². The Bertz CT molecular complexity index is 226. The van der Waals surface area contributed by atoms with E-state index >= 15 is 0 Å². The summed E-state index contributed by atoms with van der Waals surface area (Å²) in [6, 6.07) is 0. The zero-order valence-corrected chi connectivity index (χ0v) is 17.3. The van der Waals surface area contributed by atoms with Gasteiger partial charge in [0.25, 0.3) is 0 Å². The Morgan fingerprint density at radius 3 is 0.684 bits per heavy atom. The van der Waals surface area contributed by atoms with E-state index in [1.165, 1.54) is 0 Å². The summed E-state index contributed by atoms with van der Waals surface area (Å²) < 4.78 is 0. The molecule has 19 heavy (non-hydrogen) atoms. The molecule has 114 valence electrons. The summed E-state index contributed by atoms with van der Waals surface area (Å²) in [6.07, 6.45) is 0. The first-order valence-electron chi connectivity index (χ1n) is 7.41. The van der Waals surface area contributed by atoms with Crippen molar-refractivity contribution in [2.45, 2.75) is 104 Å². The number of rotatable bonds is 2. The van der Waals surface area contributed by atoms with Gasteiger partial charge in [0.05, 0.1) is 0 Å². The Kier molecular flexibility index (Phi) is 6.26. The minimum absolute atomic E-state index is 0.107. The molecule has 0 aliphatic rings. The zero-order valence-electron chi connectivity index (χ0n) is 15.5. The van der Waals surface area contributed by atoms with Gasteiger partial charge < -0.3 is 15.6 Å². The number of hydrogen-bond acceptors (Lipinski definition) is 0. The summed E-state index contributed by atoms with van der Waals surface area (Å²) in [7, 11) is -0.214. The highest BCUT2D eigenvalue weighted by Gasteiger charge is 2.31. The summed E-state index contributed by atoms with van der Waals surface area (Å²) in [5.41, 5.74) is 0. The maximum Gasteiger partial charge on any atom is -0.0565 e. The van der Waals surface area contributed by atoms with Crippen LogP contribution in [0.4, 0.5) is 0 Å². The van der Waals surface area contributed by atoms with Gasteiger partial charge in [0, 0.05) is 0 Å². The molecule has 0 N–H and O–H groups in total. The highest BCUT2D eigenvalue weighted by atomic mass is 31.2. The number of hydrogen-bond donors (Lipinski definition) is 0. The zero-order chi connectivity index (χ0) is 15.9. The Morgan fingerprint density at radius 1 is 0.421 bits per heavy atom. The predicted octanol–water partition coefficient (Wildman–Crippen LogP) is 6.68. The molecule has 0 spiro atoms. The fourth-order valence-corrected chi connectivity index (χ4v) is 13.3. The smallest absolute Gasteiger partial charge is 0.0565 e. The highest BCUT2D eigenvalue weighted by Crippen LogP contribution is 2.69. The molecule has 0 aliphatic carbocycles. The van der Waals surface area contributed by atoms with Gasteiger partial charge in [-0.25, -0.2) is 0 Å². The second kappa shape index (κ2) is 5.97. The third-order valence-electron chi connectivity index (χ3n) is 3.12. The van der Waals surface area contributed by atoms with E-state index in [1.54, 1.807) is 0 Å². The van der Waals surface area contributed by atoms with Gasteiger partial charge in [0.1, 0.15) is 0 Å². The Labute approximate surface area is 126 Å². The quantitative estimate of drug-likeness (QED) is 0.394. The predicted molar refractivity (Wildman–Crippen MR) is 98.6 cm³/mol. The monoisotopic (exact) mass is 301 g/mol. The molecule has 0 nitrogen and oxygen atoms in total. The van der Waals surface area contributed by atoms with Gasteiger partial charge in [-0.2, -0.15) is 0 Å². The standard InChI is InChI=1S/C16H36BP2/c1-13(2,3)18(14(4,5)6)17-19(15(7,8)9)16(10,11)12/h1-12H3/q-1. The first kappa shape index (κ1) is 19.9. The summed E-state index contributed by atoms with van der Waals surface area (Å²) in [5, 5.41) is 1.57. The Balaban J connectivity index is 5.43. The third kappa shape index (κ3) is 6.48. The van der Waals surface area contributed by atoms with E-state index in [4.69, 9.17) is 0 Å². The van der Waals surface area contributed by atoms with Crippen LogP contribution in [0.2, 0.25) is 0 Å². The van der Waals surface area contributed by atoms with Crippen molar-refractivity contribution in [3.05, 3.63) is 0 Å². The van der Waals surface area contributed by atoms with E-state index in [-0.39, 0.29) is 15.6 Å². The van der Waals surface area contributed by atoms with E-state index in [2.05, 4.69) is 89.8 Å². The maximum absolute atomic E-state index is 2.80. The van der Waals surface area contributed by atoms with E-state index in [1.807, 2.05) is 0 Å². The lowest BCUT2D eigenvalue weighted by molar-refractivity contribution is 0.714. The molecule has 0 aromatic carbocycles. The van der Waals surface area contributed by atoms with Crippen molar-refractivity contribution >= 4 is 22.3 Å². The van der Waals surface area contributed by atoms with Crippen LogP contribution in [0.15, 0.2) is 0 Å². The molecule has 0 rings (SSSR count). The van der Waals surface area contributed by atoms with Crippen LogP contribution < -0.4 is 0 Å². The molecular formula is C16H36BP2-. The molecule has 0 aromatic heterocycles. The van der Waals surface area contributed by atoms with Gasteiger partial charge in [0.15, 0.2) is 0 Å². The maximum atomic E-state index is 2.80. The van der Waals surface area contributed by atoms with E-state index in [0.717, 1.165) is 0 Å². The minimum Gasteiger partial charge on any atom is -0.331 e. The lowest BCUT2D eigenvalue weighted by atomic mass is 10.2. The van der Waals surface area contributed by atoms with Crippen LogP contribution in [0.5, 0.6) is 0 Å². The first-order chi connectivity index (χ1) is 7.97. The summed E-state index contributed by atoms with van der Waals surface area (Å²) in [6.45, 7) is 31.8. The van der Waals surface area contributed by atoms with Crippen molar-refractivity contribution in [3.63, 3.8) is 0 Å². The third-order valence-corrected chi connectivity index (χ3v) is 10.8. The van der Waals surface area contributed by atoms with Crippen LogP contribution >= 0.6 is 15.6 Å². The van der Waals surface area contributed by atoms with E-state index in [0.29, 0.717) is 20.6 Å². The average molecular weight is 301 g/mol. The van der Waals surface area contributed by atoms with Gasteiger partial charge in [-0.3, -0.25) is 6.72 Å². The minimum atomic E-state index is -0.107. The molecule has 0 atom stereocenters. The van der Waals surface area contributed by atoms with Gasteiger partial charge >= 0.3 is 0 Å². The van der Waals surface area contributed by atoms with Crippen LogP contribution in [0.3, 0.4) is 0 Å². The fourth-order valence-electron chi connectivity index (χ4n) is 2.82. The summed E-state index contributed by atoms with van der Waals surface area (Å²) >= 11 is 0. The molecule has 0 saturated carbocycles. The van der Waals surface area contributed by atoms with Gasteiger partial charge in [0.2, 0.25) is 0 Å². The molecule has 0 heterocycles. The fraction of sp³-hybridized carbons (Fsp3) is 1.00. The Morgan fingerprint density at radius 2 is 0.579 bits per heavy atom. The van der Waals surface area contributed by atoms with Crippen LogP contribution in [-0.2, 0) is 0 Å². The van der Waals surface area contributed by atoms with Crippen molar-refractivity contribution in [3.8, 4) is 0 Å². The Hall–Kier alpha value is 0.925. The molecule has 0 saturated heterocycles. The van der Waals surface area contributed by atoms with Crippen LogP contribution in [0.25, 0.3) is 0 Å². The van der Waals surface area contributed by atoms with E-state index in [9.17, 15) is 0 Å². The highest BCUT2D eigenvalue weighted by molar-refractivity contribution is 8.16. The second-order valence-corrected chi connectivity index (χ2v) is 17.3. The van der Waals surface area contributed by atoms with Crippen molar-refractivity contribution in [2.24, 2.45) is 0 Å². The average Bonchev–Trinajstić information content (AvgIpc) is 1.91. The SMILES string of the molecule is CC(C)(C)P([B-]P(C(C)(C)C)C(C)(C)C)C(C)(C)C. The van der Waals surface area contributed by atoms with E-state index < -0.39 is 0 Å². The lowest BCUT2D eigenvalue weighted by Crippen LogP contribution is -2.33. The molecule has 2 radical (unpaired) electrons. The molecule has 0 bridgehead atoms. The molecular weight excluding hydrogens is 265 g/mol. The molecule has 0 aliphatic heterocycles. The van der Waals surface area contributed by atoms with Crippen molar-refractivity contribution < 1.29 is 0 Å². The molecule has 0 aromatic rings. The molecule has 0 amide bonds. The first-order valence-corrected chi connectivity index (χ1v) is 10.2. The summed E-state index contributed by atoms with van der Waals surface area (Å²) in [4.78, 5) is 0. The van der Waals surface area contributed by atoms with Crippen molar-refractivity contribution in [1.82, 2.24) is 0 Å². The van der Waals surface area contributed by atoms with Gasteiger partial charge in [-0.1, -0.05) is 104 Å². The summed E-state index contributed by atoms with van der Waals surface area (Å²) in [5.74, 6) is 0. The van der Waals surface area contributed by atoms with Gasteiger partial charge in [-0.15, -0.1) is 0 Å². The van der Waals surface area contributed by atoms with Crippen molar-refractivity contribution in [1.29, 1.82) is 0 Å². The largest absolute Gasteiger partial charge is 0.331 e. The molecule has 0 unspecified atom stereocenters. The normalized spacial score (nSPS) is 15.5. The van der Waals surface area contributed by atoms with Gasteiger partial charge in [-0.05, 0) is 0 Å². The lowest BCUT2D eigenvalue weighted by Gasteiger charge is -2.62. The second-order valence-electron chi connectivity index (χ2n) is 9.54. The molecule has 0 fully saturated rings. The molecule has 3 heteroatoms. The van der Waals surface area contributed by atoms with Crippen LogP contribution in [0, 0.1) is 0 Å². The van der Waals surface area contributed by atoms with Crippen LogP contribution in [0.1, 0.15) is 83.1 Å². The van der Waals surface area contributed by atoms with Crippen molar-refractivity contribution in [2.75, 3.05) is 0 Å².